The molecule has 1 rings (SSSR count). The Morgan fingerprint density at radius 1 is 1.44 bits per heavy atom. The first-order valence-corrected chi connectivity index (χ1v) is 5.01. The third kappa shape index (κ3) is 3.38. The Hall–Kier alpha value is -1.84. The van der Waals surface area contributed by atoms with Crippen molar-refractivity contribution < 1.29 is 19.1 Å². The molecule has 0 radical (unpaired) electrons. The van der Waals surface area contributed by atoms with Gasteiger partial charge in [0.15, 0.2) is 6.61 Å². The van der Waals surface area contributed by atoms with Gasteiger partial charge in [-0.15, -0.1) is 0 Å². The second-order valence-corrected chi connectivity index (χ2v) is 3.23. The average molecular weight is 222 g/mol. The van der Waals surface area contributed by atoms with Crippen LogP contribution in [0.1, 0.15) is 22.8 Å². The molecule has 0 aliphatic carbocycles. The van der Waals surface area contributed by atoms with E-state index in [0.29, 0.717) is 17.9 Å². The number of carbonyl (C=O) groups is 2. The zero-order chi connectivity index (χ0) is 12.0. The van der Waals surface area contributed by atoms with Gasteiger partial charge in [0.05, 0.1) is 6.61 Å². The fourth-order valence-corrected chi connectivity index (χ4v) is 1.22. The summed E-state index contributed by atoms with van der Waals surface area (Å²) in [6.07, 6.45) is 0.782. The maximum atomic E-state index is 11.0. The van der Waals surface area contributed by atoms with Crippen molar-refractivity contribution >= 4 is 12.3 Å². The highest BCUT2D eigenvalue weighted by Gasteiger charge is 2.04. The van der Waals surface area contributed by atoms with Crippen molar-refractivity contribution in [1.29, 1.82) is 0 Å². The number of carbonyl (C=O) groups excluding carboxylic acids is 2. The molecule has 0 N–H and O–H groups in total. The second-order valence-electron chi connectivity index (χ2n) is 3.23. The van der Waals surface area contributed by atoms with Gasteiger partial charge in [-0.05, 0) is 37.6 Å². The number of hydrogen-bond acceptors (Lipinski definition) is 4. The molecule has 4 heteroatoms. The number of hydrogen-bond donors (Lipinski definition) is 0. The lowest BCUT2D eigenvalue weighted by molar-refractivity contribution is -0.145. The Labute approximate surface area is 94.2 Å². The molecular formula is C12H14O4. The van der Waals surface area contributed by atoms with Gasteiger partial charge >= 0.3 is 5.97 Å². The van der Waals surface area contributed by atoms with Crippen LogP contribution in [-0.4, -0.2) is 25.5 Å². The molecule has 4 nitrogen and oxygen atoms in total. The number of benzene rings is 1. The normalized spacial score (nSPS) is 9.62. The molecular weight excluding hydrogens is 208 g/mol. The van der Waals surface area contributed by atoms with Crippen LogP contribution >= 0.6 is 0 Å². The molecule has 1 aromatic rings. The molecule has 1 aromatic carbocycles. The monoisotopic (exact) mass is 222 g/mol. The van der Waals surface area contributed by atoms with Crippen molar-refractivity contribution in [3.05, 3.63) is 29.3 Å². The smallest absolute Gasteiger partial charge is 0.344 e. The summed E-state index contributed by atoms with van der Waals surface area (Å²) < 4.78 is 9.93. The molecule has 0 heterocycles. The van der Waals surface area contributed by atoms with E-state index in [9.17, 15) is 9.59 Å². The lowest BCUT2D eigenvalue weighted by atomic mass is 10.1. The highest BCUT2D eigenvalue weighted by molar-refractivity contribution is 5.77. The molecule has 0 atom stereocenters. The predicted molar refractivity (Wildman–Crippen MR) is 58.7 cm³/mol. The van der Waals surface area contributed by atoms with Gasteiger partial charge in [-0.1, -0.05) is 0 Å². The van der Waals surface area contributed by atoms with E-state index in [1.807, 2.05) is 0 Å². The van der Waals surface area contributed by atoms with E-state index < -0.39 is 5.97 Å². The van der Waals surface area contributed by atoms with E-state index in [-0.39, 0.29) is 6.61 Å². The fraction of sp³-hybridized carbons (Fsp3) is 0.333. The van der Waals surface area contributed by atoms with Crippen LogP contribution in [0.4, 0.5) is 0 Å². The standard InChI is InChI=1S/C12H14O4/c1-3-15-12(14)8-16-11-5-4-10(7-13)9(2)6-11/h4-7H,3,8H2,1-2H3. The van der Waals surface area contributed by atoms with Crippen molar-refractivity contribution in [2.45, 2.75) is 13.8 Å². The van der Waals surface area contributed by atoms with Crippen LogP contribution in [0.3, 0.4) is 0 Å². The number of ether oxygens (including phenoxy) is 2. The minimum absolute atomic E-state index is 0.117. The van der Waals surface area contributed by atoms with Crippen LogP contribution < -0.4 is 4.74 Å². The molecule has 0 bridgehead atoms. The Balaban J connectivity index is 2.58. The summed E-state index contributed by atoms with van der Waals surface area (Å²) in [5.74, 6) is 0.149. The van der Waals surface area contributed by atoms with Gasteiger partial charge in [0.1, 0.15) is 12.0 Å². The Morgan fingerprint density at radius 2 is 2.19 bits per heavy atom. The van der Waals surface area contributed by atoms with Gasteiger partial charge in [-0.25, -0.2) is 4.79 Å². The van der Waals surface area contributed by atoms with Crippen molar-refractivity contribution in [2.24, 2.45) is 0 Å². The number of esters is 1. The third-order valence-electron chi connectivity index (χ3n) is 2.03. The van der Waals surface area contributed by atoms with Gasteiger partial charge in [-0.2, -0.15) is 0 Å². The molecule has 16 heavy (non-hydrogen) atoms. The first-order valence-electron chi connectivity index (χ1n) is 5.01. The summed E-state index contributed by atoms with van der Waals surface area (Å²) in [6.45, 7) is 3.76. The summed E-state index contributed by atoms with van der Waals surface area (Å²) in [4.78, 5) is 21.6. The molecule has 0 aromatic heterocycles. The average Bonchev–Trinajstić information content (AvgIpc) is 2.27. The first-order chi connectivity index (χ1) is 7.67. The fourth-order valence-electron chi connectivity index (χ4n) is 1.22. The summed E-state index contributed by atoms with van der Waals surface area (Å²) in [6, 6.07) is 5.02. The minimum Gasteiger partial charge on any atom is -0.482 e. The Morgan fingerprint density at radius 3 is 2.75 bits per heavy atom. The zero-order valence-electron chi connectivity index (χ0n) is 9.36. The summed E-state index contributed by atoms with van der Waals surface area (Å²) in [7, 11) is 0. The van der Waals surface area contributed by atoms with Crippen molar-refractivity contribution in [3.63, 3.8) is 0 Å². The SMILES string of the molecule is CCOC(=O)COc1ccc(C=O)c(C)c1. The highest BCUT2D eigenvalue weighted by atomic mass is 16.6. The second kappa shape index (κ2) is 5.90. The summed E-state index contributed by atoms with van der Waals surface area (Å²) >= 11 is 0. The van der Waals surface area contributed by atoms with Crippen LogP contribution in [0, 0.1) is 6.92 Å². The van der Waals surface area contributed by atoms with Crippen LogP contribution in [0.2, 0.25) is 0 Å². The van der Waals surface area contributed by atoms with E-state index in [2.05, 4.69) is 0 Å². The predicted octanol–water partition coefficient (Wildman–Crippen LogP) is 1.75. The van der Waals surface area contributed by atoms with Crippen LogP contribution in [0.15, 0.2) is 18.2 Å². The lowest BCUT2D eigenvalue weighted by Gasteiger charge is -2.07. The molecule has 0 aliphatic rings. The Kier molecular flexibility index (Phi) is 4.51. The van der Waals surface area contributed by atoms with Crippen LogP contribution in [0.5, 0.6) is 5.75 Å². The molecule has 86 valence electrons. The van der Waals surface area contributed by atoms with Crippen molar-refractivity contribution in [3.8, 4) is 5.75 Å². The maximum absolute atomic E-state index is 11.0. The molecule has 0 saturated carbocycles. The van der Waals surface area contributed by atoms with Gasteiger partial charge in [0.2, 0.25) is 0 Å². The van der Waals surface area contributed by atoms with Crippen LogP contribution in [-0.2, 0) is 9.53 Å². The third-order valence-corrected chi connectivity index (χ3v) is 2.03. The quantitative estimate of drug-likeness (QED) is 0.562. The van der Waals surface area contributed by atoms with Gasteiger partial charge in [0.25, 0.3) is 0 Å². The first kappa shape index (κ1) is 12.2. The largest absolute Gasteiger partial charge is 0.482 e. The number of rotatable bonds is 5. The van der Waals surface area contributed by atoms with E-state index in [4.69, 9.17) is 9.47 Å². The zero-order valence-corrected chi connectivity index (χ0v) is 9.36. The van der Waals surface area contributed by atoms with Gasteiger partial charge in [0, 0.05) is 5.56 Å². The Bertz CT molecular complexity index is 385. The molecule has 0 saturated heterocycles. The molecule has 0 spiro atoms. The van der Waals surface area contributed by atoms with E-state index in [1.165, 1.54) is 0 Å². The van der Waals surface area contributed by atoms with Crippen molar-refractivity contribution in [1.82, 2.24) is 0 Å². The molecule has 0 fully saturated rings. The summed E-state index contributed by atoms with van der Waals surface area (Å²) in [5.41, 5.74) is 1.43. The van der Waals surface area contributed by atoms with E-state index >= 15 is 0 Å². The molecule has 0 unspecified atom stereocenters. The molecule has 0 aliphatic heterocycles. The van der Waals surface area contributed by atoms with Crippen molar-refractivity contribution in [2.75, 3.05) is 13.2 Å². The lowest BCUT2D eigenvalue weighted by Crippen LogP contribution is -2.14. The number of aryl methyl sites for hydroxylation is 1. The van der Waals surface area contributed by atoms with Crippen LogP contribution in [0.25, 0.3) is 0 Å². The number of aldehydes is 1. The van der Waals surface area contributed by atoms with E-state index in [0.717, 1.165) is 11.8 Å². The van der Waals surface area contributed by atoms with E-state index in [1.54, 1.807) is 32.0 Å². The molecule has 0 amide bonds. The highest BCUT2D eigenvalue weighted by Crippen LogP contribution is 2.15. The minimum atomic E-state index is -0.403. The van der Waals surface area contributed by atoms with Gasteiger partial charge < -0.3 is 9.47 Å². The summed E-state index contributed by atoms with van der Waals surface area (Å²) in [5, 5.41) is 0. The maximum Gasteiger partial charge on any atom is 0.344 e. The topological polar surface area (TPSA) is 52.6 Å². The van der Waals surface area contributed by atoms with Gasteiger partial charge in [-0.3, -0.25) is 4.79 Å².